The SMILES string of the molecule is Cl.c1ccc2c(-c3noc(C4(n5cccn5)CCNCC4)n3)nccc2c1. The maximum Gasteiger partial charge on any atom is 0.255 e. The van der Waals surface area contributed by atoms with Gasteiger partial charge in [0.1, 0.15) is 11.2 Å². The number of hydrogen-bond acceptors (Lipinski definition) is 6. The van der Waals surface area contributed by atoms with Gasteiger partial charge in [0.2, 0.25) is 5.82 Å². The fraction of sp³-hybridized carbons (Fsp3) is 0.263. The summed E-state index contributed by atoms with van der Waals surface area (Å²) in [4.78, 5) is 9.25. The molecule has 5 rings (SSSR count). The molecule has 27 heavy (non-hydrogen) atoms. The molecule has 1 saturated heterocycles. The van der Waals surface area contributed by atoms with Crippen LogP contribution in [-0.4, -0.2) is 38.0 Å². The number of hydrogen-bond donors (Lipinski definition) is 1. The largest absolute Gasteiger partial charge is 0.336 e. The van der Waals surface area contributed by atoms with Gasteiger partial charge in [-0.2, -0.15) is 10.1 Å². The molecule has 0 bridgehead atoms. The van der Waals surface area contributed by atoms with Crippen LogP contribution in [0.4, 0.5) is 0 Å². The Balaban J connectivity index is 0.00000180. The highest BCUT2D eigenvalue weighted by atomic mass is 35.5. The number of pyridine rings is 1. The van der Waals surface area contributed by atoms with Gasteiger partial charge in [-0.3, -0.25) is 9.67 Å². The summed E-state index contributed by atoms with van der Waals surface area (Å²) in [5, 5.41) is 14.2. The van der Waals surface area contributed by atoms with Gasteiger partial charge in [0.25, 0.3) is 5.89 Å². The van der Waals surface area contributed by atoms with Crippen LogP contribution in [0, 0.1) is 0 Å². The average Bonchev–Trinajstić information content (AvgIpc) is 3.41. The summed E-state index contributed by atoms with van der Waals surface area (Å²) in [5.74, 6) is 1.11. The molecular formula is C19H19ClN6O. The smallest absolute Gasteiger partial charge is 0.255 e. The lowest BCUT2D eigenvalue weighted by atomic mass is 9.88. The van der Waals surface area contributed by atoms with Gasteiger partial charge in [-0.15, -0.1) is 12.4 Å². The predicted molar refractivity (Wildman–Crippen MR) is 104 cm³/mol. The summed E-state index contributed by atoms with van der Waals surface area (Å²) < 4.78 is 7.69. The van der Waals surface area contributed by atoms with Crippen LogP contribution >= 0.6 is 12.4 Å². The van der Waals surface area contributed by atoms with E-state index in [2.05, 4.69) is 26.6 Å². The van der Waals surface area contributed by atoms with E-state index in [9.17, 15) is 0 Å². The maximum atomic E-state index is 5.74. The molecule has 4 heterocycles. The van der Waals surface area contributed by atoms with E-state index in [4.69, 9.17) is 9.51 Å². The Labute approximate surface area is 162 Å². The fourth-order valence-corrected chi connectivity index (χ4v) is 3.71. The summed E-state index contributed by atoms with van der Waals surface area (Å²) in [5.41, 5.74) is 0.326. The van der Waals surface area contributed by atoms with Gasteiger partial charge in [-0.25, -0.2) is 0 Å². The van der Waals surface area contributed by atoms with Gasteiger partial charge in [0.05, 0.1) is 0 Å². The van der Waals surface area contributed by atoms with E-state index >= 15 is 0 Å². The van der Waals surface area contributed by atoms with E-state index in [1.165, 1.54) is 0 Å². The Morgan fingerprint density at radius 2 is 1.89 bits per heavy atom. The van der Waals surface area contributed by atoms with Crippen molar-refractivity contribution in [2.24, 2.45) is 0 Å². The monoisotopic (exact) mass is 382 g/mol. The summed E-state index contributed by atoms with van der Waals surface area (Å²) >= 11 is 0. The molecule has 1 aliphatic heterocycles. The first-order chi connectivity index (χ1) is 12.9. The van der Waals surface area contributed by atoms with Gasteiger partial charge in [0, 0.05) is 24.0 Å². The highest BCUT2D eigenvalue weighted by Crippen LogP contribution is 2.35. The number of fused-ring (bicyclic) bond motifs is 1. The molecule has 0 amide bonds. The van der Waals surface area contributed by atoms with Crippen LogP contribution in [0.1, 0.15) is 18.7 Å². The quantitative estimate of drug-likeness (QED) is 0.586. The molecule has 0 spiro atoms. The third-order valence-electron chi connectivity index (χ3n) is 5.08. The number of aromatic nitrogens is 5. The van der Waals surface area contributed by atoms with Gasteiger partial charge in [-0.05, 0) is 43.5 Å². The minimum absolute atomic E-state index is 0. The Bertz CT molecular complexity index is 1030. The van der Waals surface area contributed by atoms with E-state index in [1.54, 1.807) is 12.4 Å². The first-order valence-corrected chi connectivity index (χ1v) is 8.76. The van der Waals surface area contributed by atoms with Crippen molar-refractivity contribution >= 4 is 23.2 Å². The Hall–Kier alpha value is -2.77. The fourth-order valence-electron chi connectivity index (χ4n) is 3.71. The summed E-state index contributed by atoms with van der Waals surface area (Å²) in [6, 6.07) is 12.0. The van der Waals surface area contributed by atoms with E-state index in [0.29, 0.717) is 11.7 Å². The second kappa shape index (κ2) is 7.09. The van der Waals surface area contributed by atoms with Gasteiger partial charge in [0.15, 0.2) is 0 Å². The van der Waals surface area contributed by atoms with Crippen LogP contribution in [0.3, 0.4) is 0 Å². The van der Waals surface area contributed by atoms with Crippen molar-refractivity contribution in [1.82, 2.24) is 30.2 Å². The number of rotatable bonds is 3. The zero-order valence-electron chi connectivity index (χ0n) is 14.6. The lowest BCUT2D eigenvalue weighted by Gasteiger charge is -2.34. The van der Waals surface area contributed by atoms with Gasteiger partial charge < -0.3 is 9.84 Å². The highest BCUT2D eigenvalue weighted by Gasteiger charge is 2.42. The number of benzene rings is 1. The molecule has 8 heteroatoms. The average molecular weight is 383 g/mol. The van der Waals surface area contributed by atoms with Crippen molar-refractivity contribution in [3.63, 3.8) is 0 Å². The Morgan fingerprint density at radius 1 is 1.04 bits per heavy atom. The van der Waals surface area contributed by atoms with Gasteiger partial charge >= 0.3 is 0 Å². The van der Waals surface area contributed by atoms with Crippen molar-refractivity contribution in [1.29, 1.82) is 0 Å². The Kier molecular flexibility index (Phi) is 4.63. The van der Waals surface area contributed by atoms with Gasteiger partial charge in [-0.1, -0.05) is 29.4 Å². The van der Waals surface area contributed by atoms with Crippen LogP contribution in [0.2, 0.25) is 0 Å². The molecule has 0 saturated carbocycles. The summed E-state index contributed by atoms with van der Waals surface area (Å²) in [6.07, 6.45) is 7.22. The second-order valence-corrected chi connectivity index (χ2v) is 6.54. The van der Waals surface area contributed by atoms with Crippen LogP contribution < -0.4 is 5.32 Å². The second-order valence-electron chi connectivity index (χ2n) is 6.54. The third-order valence-corrected chi connectivity index (χ3v) is 5.08. The molecule has 0 radical (unpaired) electrons. The number of halogens is 1. The first-order valence-electron chi connectivity index (χ1n) is 8.76. The lowest BCUT2D eigenvalue weighted by molar-refractivity contribution is 0.172. The predicted octanol–water partition coefficient (Wildman–Crippen LogP) is 3.03. The molecule has 4 aromatic rings. The van der Waals surface area contributed by atoms with Crippen LogP contribution in [0.15, 0.2) is 59.5 Å². The third kappa shape index (κ3) is 2.89. The molecular weight excluding hydrogens is 364 g/mol. The van der Waals surface area contributed by atoms with Crippen LogP contribution in [-0.2, 0) is 5.54 Å². The molecule has 7 nitrogen and oxygen atoms in total. The molecule has 1 fully saturated rings. The first kappa shape index (κ1) is 17.6. The Morgan fingerprint density at radius 3 is 2.70 bits per heavy atom. The van der Waals surface area contributed by atoms with Crippen molar-refractivity contribution < 1.29 is 4.52 Å². The van der Waals surface area contributed by atoms with E-state index in [1.807, 2.05) is 41.2 Å². The van der Waals surface area contributed by atoms with Crippen molar-refractivity contribution in [2.75, 3.05) is 13.1 Å². The number of nitrogens with one attached hydrogen (secondary N) is 1. The highest BCUT2D eigenvalue weighted by molar-refractivity contribution is 5.92. The zero-order valence-corrected chi connectivity index (χ0v) is 15.4. The van der Waals surface area contributed by atoms with Crippen molar-refractivity contribution in [3.8, 4) is 11.5 Å². The molecule has 0 aliphatic carbocycles. The molecule has 0 atom stereocenters. The molecule has 3 aromatic heterocycles. The number of piperidine rings is 1. The molecule has 0 unspecified atom stereocenters. The molecule has 1 N–H and O–H groups in total. The van der Waals surface area contributed by atoms with Crippen LogP contribution in [0.25, 0.3) is 22.3 Å². The normalized spacial score (nSPS) is 16.1. The van der Waals surface area contributed by atoms with E-state index in [0.717, 1.165) is 42.4 Å². The minimum atomic E-state index is -0.412. The summed E-state index contributed by atoms with van der Waals surface area (Å²) in [6.45, 7) is 1.76. The van der Waals surface area contributed by atoms with E-state index in [-0.39, 0.29) is 12.4 Å². The van der Waals surface area contributed by atoms with Crippen molar-refractivity contribution in [2.45, 2.75) is 18.4 Å². The van der Waals surface area contributed by atoms with Crippen LogP contribution in [0.5, 0.6) is 0 Å². The topological polar surface area (TPSA) is 81.7 Å². The summed E-state index contributed by atoms with van der Waals surface area (Å²) in [7, 11) is 0. The minimum Gasteiger partial charge on any atom is -0.336 e. The molecule has 1 aliphatic rings. The van der Waals surface area contributed by atoms with Crippen molar-refractivity contribution in [3.05, 3.63) is 60.9 Å². The van der Waals surface area contributed by atoms with E-state index < -0.39 is 5.54 Å². The molecule has 1 aromatic carbocycles. The maximum absolute atomic E-state index is 5.74. The standard InChI is InChI=1S/C19H18N6O.ClH/c1-2-5-15-14(4-1)6-10-21-16(15)17-23-18(26-24-17)19(7-11-20-12-8-19)25-13-3-9-22-25;/h1-6,9-10,13,20H,7-8,11-12H2;1H. The number of nitrogens with zero attached hydrogens (tertiary/aromatic N) is 5. The lowest BCUT2D eigenvalue weighted by Crippen LogP contribution is -2.45. The zero-order chi connectivity index (χ0) is 17.4. The molecule has 138 valence electrons.